The maximum atomic E-state index is 13.6. The second kappa shape index (κ2) is 6.65. The number of ether oxygens (including phenoxy) is 1. The van der Waals surface area contributed by atoms with Gasteiger partial charge in [-0.05, 0) is 30.3 Å². The van der Waals surface area contributed by atoms with Crippen molar-refractivity contribution in [2.75, 3.05) is 5.32 Å². The van der Waals surface area contributed by atoms with Crippen molar-refractivity contribution in [2.45, 2.75) is 6.18 Å². The van der Waals surface area contributed by atoms with Gasteiger partial charge in [-0.15, -0.1) is 0 Å². The average Bonchev–Trinajstić information content (AvgIpc) is 2.49. The van der Waals surface area contributed by atoms with E-state index in [1.165, 1.54) is 0 Å². The molecular formula is C15H8F5NO3. The van der Waals surface area contributed by atoms with Gasteiger partial charge in [-0.1, -0.05) is 0 Å². The highest BCUT2D eigenvalue weighted by molar-refractivity contribution is 6.06. The fourth-order valence-corrected chi connectivity index (χ4v) is 1.84. The maximum absolute atomic E-state index is 13.6. The van der Waals surface area contributed by atoms with Gasteiger partial charge in [-0.3, -0.25) is 9.59 Å². The van der Waals surface area contributed by atoms with Crippen LogP contribution in [0.15, 0.2) is 36.4 Å². The smallest absolute Gasteiger partial charge is 0.416 e. The molecule has 0 saturated heterocycles. The minimum absolute atomic E-state index is 0.0466. The topological polar surface area (TPSA) is 55.4 Å². The van der Waals surface area contributed by atoms with Crippen molar-refractivity contribution in [3.8, 4) is 5.75 Å². The van der Waals surface area contributed by atoms with Gasteiger partial charge >= 0.3 is 6.18 Å². The van der Waals surface area contributed by atoms with Gasteiger partial charge < -0.3 is 10.1 Å². The van der Waals surface area contributed by atoms with Gasteiger partial charge in [0.05, 0.1) is 11.1 Å². The molecule has 0 heterocycles. The Morgan fingerprint density at radius 2 is 1.71 bits per heavy atom. The van der Waals surface area contributed by atoms with Crippen LogP contribution in [-0.2, 0) is 11.0 Å². The van der Waals surface area contributed by atoms with E-state index in [1.807, 2.05) is 0 Å². The van der Waals surface area contributed by atoms with E-state index in [4.69, 9.17) is 0 Å². The molecule has 24 heavy (non-hydrogen) atoms. The number of anilines is 1. The third-order valence-electron chi connectivity index (χ3n) is 2.89. The van der Waals surface area contributed by atoms with Gasteiger partial charge in [0, 0.05) is 11.8 Å². The molecule has 0 fully saturated rings. The molecule has 0 spiro atoms. The first-order chi connectivity index (χ1) is 11.2. The van der Waals surface area contributed by atoms with Gasteiger partial charge in [0.1, 0.15) is 5.82 Å². The van der Waals surface area contributed by atoms with Gasteiger partial charge in [0.25, 0.3) is 12.4 Å². The molecule has 126 valence electrons. The van der Waals surface area contributed by atoms with Crippen molar-refractivity contribution in [3.05, 3.63) is 59.2 Å². The van der Waals surface area contributed by atoms with Crippen LogP contribution in [0.4, 0.5) is 27.6 Å². The number of carbonyl (C=O) groups is 2. The summed E-state index contributed by atoms with van der Waals surface area (Å²) in [4.78, 5) is 22.4. The minimum Gasteiger partial charge on any atom is -0.425 e. The number of hydrogen-bond donors (Lipinski definition) is 1. The lowest BCUT2D eigenvalue weighted by molar-refractivity contribution is -0.137. The van der Waals surface area contributed by atoms with Crippen LogP contribution in [0.1, 0.15) is 15.9 Å². The summed E-state index contributed by atoms with van der Waals surface area (Å²) in [5.41, 5.74) is -1.60. The fraction of sp³-hybridized carbons (Fsp3) is 0.0667. The van der Waals surface area contributed by atoms with Gasteiger partial charge in [-0.2, -0.15) is 13.2 Å². The summed E-state index contributed by atoms with van der Waals surface area (Å²) < 4.78 is 68.5. The fourth-order valence-electron chi connectivity index (χ4n) is 1.84. The molecule has 0 bridgehead atoms. The van der Waals surface area contributed by atoms with Crippen LogP contribution in [0.5, 0.6) is 5.75 Å². The predicted octanol–water partition coefficient (Wildman–Crippen LogP) is 3.77. The number of benzene rings is 2. The highest BCUT2D eigenvalue weighted by Crippen LogP contribution is 2.30. The molecular weight excluding hydrogens is 337 g/mol. The number of hydrogen-bond acceptors (Lipinski definition) is 3. The summed E-state index contributed by atoms with van der Waals surface area (Å²) in [6, 6.07) is 4.43. The lowest BCUT2D eigenvalue weighted by atomic mass is 10.1. The van der Waals surface area contributed by atoms with Crippen LogP contribution < -0.4 is 10.1 Å². The van der Waals surface area contributed by atoms with E-state index in [0.717, 1.165) is 24.3 Å². The summed E-state index contributed by atoms with van der Waals surface area (Å²) in [6.07, 6.45) is -4.54. The summed E-state index contributed by atoms with van der Waals surface area (Å²) in [5.74, 6) is -4.23. The first kappa shape index (κ1) is 17.4. The highest BCUT2D eigenvalue weighted by Gasteiger charge is 2.30. The molecule has 0 atom stereocenters. The number of alkyl halides is 3. The van der Waals surface area contributed by atoms with E-state index >= 15 is 0 Å². The molecule has 0 radical (unpaired) electrons. The first-order valence-electron chi connectivity index (χ1n) is 6.30. The zero-order chi connectivity index (χ0) is 17.9. The Balaban J connectivity index is 2.28. The zero-order valence-electron chi connectivity index (χ0n) is 11.7. The molecule has 0 aliphatic carbocycles. The Morgan fingerprint density at radius 3 is 2.25 bits per heavy atom. The molecule has 0 saturated carbocycles. The number of amides is 1. The van der Waals surface area contributed by atoms with Crippen molar-refractivity contribution in [1.82, 2.24) is 0 Å². The lowest BCUT2D eigenvalue weighted by Crippen LogP contribution is -2.15. The van der Waals surface area contributed by atoms with Crippen molar-refractivity contribution < 1.29 is 36.3 Å². The normalized spacial score (nSPS) is 11.0. The van der Waals surface area contributed by atoms with Crippen molar-refractivity contribution in [3.63, 3.8) is 0 Å². The van der Waals surface area contributed by atoms with Crippen molar-refractivity contribution >= 4 is 18.1 Å². The standard InChI is InChI=1S/C15H8F5NO3/c16-9-5-11(13(24-7-22)12(17)6-9)14(23)21-10-3-1-8(2-4-10)15(18,19)20/h1-7H,(H,21,23). The van der Waals surface area contributed by atoms with E-state index in [9.17, 15) is 31.5 Å². The van der Waals surface area contributed by atoms with Gasteiger partial charge in [0.15, 0.2) is 11.6 Å². The third kappa shape index (κ3) is 3.86. The van der Waals surface area contributed by atoms with Crippen LogP contribution >= 0.6 is 0 Å². The molecule has 2 aromatic rings. The monoisotopic (exact) mass is 345 g/mol. The lowest BCUT2D eigenvalue weighted by Gasteiger charge is -2.11. The molecule has 9 heteroatoms. The van der Waals surface area contributed by atoms with E-state index in [0.29, 0.717) is 12.1 Å². The summed E-state index contributed by atoms with van der Waals surface area (Å²) in [6.45, 7) is -0.148. The predicted molar refractivity (Wildman–Crippen MR) is 72.4 cm³/mol. The van der Waals surface area contributed by atoms with Gasteiger partial charge in [-0.25, -0.2) is 8.78 Å². The van der Waals surface area contributed by atoms with Crippen LogP contribution in [0.3, 0.4) is 0 Å². The number of carbonyl (C=O) groups excluding carboxylic acids is 2. The Bertz CT molecular complexity index is 772. The molecule has 1 N–H and O–H groups in total. The Hall–Kier alpha value is -2.97. The maximum Gasteiger partial charge on any atom is 0.416 e. The van der Waals surface area contributed by atoms with Gasteiger partial charge in [0.2, 0.25) is 0 Å². The van der Waals surface area contributed by atoms with E-state index < -0.39 is 40.6 Å². The third-order valence-corrected chi connectivity index (χ3v) is 2.89. The number of nitrogens with one attached hydrogen (secondary N) is 1. The van der Waals surface area contributed by atoms with E-state index in [2.05, 4.69) is 10.1 Å². The van der Waals surface area contributed by atoms with E-state index in [1.54, 1.807) is 0 Å². The number of rotatable bonds is 4. The molecule has 2 aromatic carbocycles. The Labute approximate surface area is 131 Å². The summed E-state index contributed by atoms with van der Waals surface area (Å²) >= 11 is 0. The average molecular weight is 345 g/mol. The van der Waals surface area contributed by atoms with Crippen LogP contribution in [0.25, 0.3) is 0 Å². The zero-order valence-corrected chi connectivity index (χ0v) is 11.7. The molecule has 4 nitrogen and oxygen atoms in total. The number of halogens is 5. The summed E-state index contributed by atoms with van der Waals surface area (Å²) in [5, 5.41) is 2.15. The quantitative estimate of drug-likeness (QED) is 0.678. The molecule has 0 aliphatic rings. The van der Waals surface area contributed by atoms with Crippen molar-refractivity contribution in [2.24, 2.45) is 0 Å². The van der Waals surface area contributed by atoms with Crippen molar-refractivity contribution in [1.29, 1.82) is 0 Å². The second-order valence-corrected chi connectivity index (χ2v) is 4.51. The molecule has 0 unspecified atom stereocenters. The van der Waals surface area contributed by atoms with Crippen LogP contribution in [0, 0.1) is 11.6 Å². The highest BCUT2D eigenvalue weighted by atomic mass is 19.4. The van der Waals surface area contributed by atoms with Crippen LogP contribution in [0.2, 0.25) is 0 Å². The SMILES string of the molecule is O=COc1c(F)cc(F)cc1C(=O)Nc1ccc(C(F)(F)F)cc1. The second-order valence-electron chi connectivity index (χ2n) is 4.51. The molecule has 1 amide bonds. The minimum atomic E-state index is -4.54. The Morgan fingerprint density at radius 1 is 1.08 bits per heavy atom. The molecule has 0 aromatic heterocycles. The molecule has 2 rings (SSSR count). The molecule has 0 aliphatic heterocycles. The van der Waals surface area contributed by atoms with Crippen LogP contribution in [-0.4, -0.2) is 12.4 Å². The largest absolute Gasteiger partial charge is 0.425 e. The van der Waals surface area contributed by atoms with E-state index in [-0.39, 0.29) is 12.2 Å². The first-order valence-corrected chi connectivity index (χ1v) is 6.30. The Kier molecular flexibility index (Phi) is 4.82. The summed E-state index contributed by atoms with van der Waals surface area (Å²) in [7, 11) is 0.